The highest BCUT2D eigenvalue weighted by atomic mass is 79.9. The SMILES string of the molecule is COC(=O)[C@H](C)Oc1cc(C)c(Br)c(C)c1. The first-order valence-corrected chi connectivity index (χ1v) is 5.76. The molecule has 0 fully saturated rings. The van der Waals surface area contributed by atoms with Crippen molar-refractivity contribution in [2.45, 2.75) is 26.9 Å². The summed E-state index contributed by atoms with van der Waals surface area (Å²) in [6, 6.07) is 3.77. The quantitative estimate of drug-likeness (QED) is 0.802. The van der Waals surface area contributed by atoms with Gasteiger partial charge in [0, 0.05) is 4.47 Å². The lowest BCUT2D eigenvalue weighted by Crippen LogP contribution is -2.24. The molecule has 0 amide bonds. The number of hydrogen-bond acceptors (Lipinski definition) is 3. The molecule has 1 aromatic carbocycles. The van der Waals surface area contributed by atoms with Crippen molar-refractivity contribution in [1.29, 1.82) is 0 Å². The average Bonchev–Trinajstić information content (AvgIpc) is 2.24. The van der Waals surface area contributed by atoms with E-state index in [4.69, 9.17) is 4.74 Å². The van der Waals surface area contributed by atoms with Crippen LogP contribution < -0.4 is 4.74 Å². The first-order chi connectivity index (χ1) is 7.45. The number of carbonyl (C=O) groups excluding carboxylic acids is 1. The average molecular weight is 287 g/mol. The van der Waals surface area contributed by atoms with Crippen LogP contribution >= 0.6 is 15.9 Å². The van der Waals surface area contributed by atoms with Crippen molar-refractivity contribution in [1.82, 2.24) is 0 Å². The summed E-state index contributed by atoms with van der Waals surface area (Å²) >= 11 is 3.47. The lowest BCUT2D eigenvalue weighted by atomic mass is 10.1. The fourth-order valence-corrected chi connectivity index (χ4v) is 1.62. The van der Waals surface area contributed by atoms with E-state index in [1.54, 1.807) is 6.92 Å². The molecule has 0 radical (unpaired) electrons. The molecule has 1 aromatic rings. The third kappa shape index (κ3) is 2.98. The molecule has 1 atom stereocenters. The normalized spacial score (nSPS) is 12.1. The predicted molar refractivity (Wildman–Crippen MR) is 65.7 cm³/mol. The maximum absolute atomic E-state index is 11.2. The smallest absolute Gasteiger partial charge is 0.346 e. The number of rotatable bonds is 3. The Morgan fingerprint density at radius 1 is 1.31 bits per heavy atom. The Labute approximate surface area is 104 Å². The summed E-state index contributed by atoms with van der Waals surface area (Å²) in [6.45, 7) is 5.62. The molecule has 88 valence electrons. The van der Waals surface area contributed by atoms with E-state index in [0.29, 0.717) is 5.75 Å². The first kappa shape index (κ1) is 13.0. The second-order valence-electron chi connectivity index (χ2n) is 3.65. The zero-order valence-electron chi connectivity index (χ0n) is 9.83. The molecule has 0 aliphatic heterocycles. The van der Waals surface area contributed by atoms with Crippen molar-refractivity contribution in [2.75, 3.05) is 7.11 Å². The molecule has 0 spiro atoms. The second-order valence-corrected chi connectivity index (χ2v) is 4.45. The topological polar surface area (TPSA) is 35.5 Å². The Morgan fingerprint density at radius 2 is 1.81 bits per heavy atom. The minimum Gasteiger partial charge on any atom is -0.479 e. The van der Waals surface area contributed by atoms with E-state index in [2.05, 4.69) is 20.7 Å². The molecular formula is C12H15BrO3. The molecule has 16 heavy (non-hydrogen) atoms. The van der Waals surface area contributed by atoms with Gasteiger partial charge in [-0.25, -0.2) is 4.79 Å². The molecule has 1 rings (SSSR count). The van der Waals surface area contributed by atoms with Crippen molar-refractivity contribution in [2.24, 2.45) is 0 Å². The van der Waals surface area contributed by atoms with E-state index in [9.17, 15) is 4.79 Å². The summed E-state index contributed by atoms with van der Waals surface area (Å²) in [6.07, 6.45) is -0.593. The van der Waals surface area contributed by atoms with Crippen LogP contribution in [0.15, 0.2) is 16.6 Å². The van der Waals surface area contributed by atoms with E-state index in [-0.39, 0.29) is 5.97 Å². The summed E-state index contributed by atoms with van der Waals surface area (Å²) in [7, 11) is 1.35. The Balaban J connectivity index is 2.86. The van der Waals surface area contributed by atoms with Gasteiger partial charge in [-0.1, -0.05) is 15.9 Å². The van der Waals surface area contributed by atoms with Crippen molar-refractivity contribution < 1.29 is 14.3 Å². The van der Waals surface area contributed by atoms with Gasteiger partial charge in [-0.15, -0.1) is 0 Å². The molecular weight excluding hydrogens is 272 g/mol. The van der Waals surface area contributed by atoms with Crippen LogP contribution in [0.1, 0.15) is 18.1 Å². The minimum atomic E-state index is -0.593. The van der Waals surface area contributed by atoms with Gasteiger partial charge in [-0.3, -0.25) is 0 Å². The number of aryl methyl sites for hydroxylation is 2. The fraction of sp³-hybridized carbons (Fsp3) is 0.417. The van der Waals surface area contributed by atoms with Crippen LogP contribution in [-0.4, -0.2) is 19.2 Å². The van der Waals surface area contributed by atoms with E-state index < -0.39 is 6.10 Å². The number of carbonyl (C=O) groups is 1. The molecule has 4 heteroatoms. The zero-order valence-corrected chi connectivity index (χ0v) is 11.4. The summed E-state index contributed by atoms with van der Waals surface area (Å²) in [5.74, 6) is 0.300. The Kier molecular flexibility index (Phi) is 4.35. The van der Waals surface area contributed by atoms with Gasteiger partial charge in [0.15, 0.2) is 6.10 Å². The van der Waals surface area contributed by atoms with Crippen LogP contribution in [-0.2, 0) is 9.53 Å². The zero-order chi connectivity index (χ0) is 12.3. The molecule has 0 N–H and O–H groups in total. The van der Waals surface area contributed by atoms with Crippen LogP contribution in [0.25, 0.3) is 0 Å². The van der Waals surface area contributed by atoms with E-state index in [1.807, 2.05) is 26.0 Å². The molecule has 0 aliphatic carbocycles. The molecule has 0 aromatic heterocycles. The van der Waals surface area contributed by atoms with Gasteiger partial charge in [-0.05, 0) is 44.0 Å². The van der Waals surface area contributed by atoms with Gasteiger partial charge in [0.2, 0.25) is 0 Å². The molecule has 3 nitrogen and oxygen atoms in total. The van der Waals surface area contributed by atoms with Crippen LogP contribution in [0.2, 0.25) is 0 Å². The van der Waals surface area contributed by atoms with Gasteiger partial charge in [-0.2, -0.15) is 0 Å². The van der Waals surface area contributed by atoms with Gasteiger partial charge in [0.1, 0.15) is 5.75 Å². The lowest BCUT2D eigenvalue weighted by Gasteiger charge is -2.14. The third-order valence-corrected chi connectivity index (χ3v) is 3.51. The van der Waals surface area contributed by atoms with Crippen LogP contribution in [0.5, 0.6) is 5.75 Å². The van der Waals surface area contributed by atoms with Gasteiger partial charge >= 0.3 is 5.97 Å². The van der Waals surface area contributed by atoms with Crippen molar-refractivity contribution in [3.05, 3.63) is 27.7 Å². The highest BCUT2D eigenvalue weighted by Gasteiger charge is 2.15. The van der Waals surface area contributed by atoms with Gasteiger partial charge in [0.05, 0.1) is 7.11 Å². The van der Waals surface area contributed by atoms with Crippen LogP contribution in [0, 0.1) is 13.8 Å². The monoisotopic (exact) mass is 286 g/mol. The number of benzene rings is 1. The Bertz CT molecular complexity index is 378. The highest BCUT2D eigenvalue weighted by molar-refractivity contribution is 9.10. The second kappa shape index (κ2) is 5.34. The fourth-order valence-electron chi connectivity index (χ4n) is 1.39. The number of esters is 1. The third-order valence-electron chi connectivity index (χ3n) is 2.26. The first-order valence-electron chi connectivity index (χ1n) is 4.97. The summed E-state index contributed by atoms with van der Waals surface area (Å²) in [4.78, 5) is 11.2. The molecule has 0 heterocycles. The van der Waals surface area contributed by atoms with Gasteiger partial charge in [0.25, 0.3) is 0 Å². The number of ether oxygens (including phenoxy) is 2. The van der Waals surface area contributed by atoms with E-state index in [1.165, 1.54) is 7.11 Å². The van der Waals surface area contributed by atoms with Crippen molar-refractivity contribution in [3.63, 3.8) is 0 Å². The molecule has 0 aliphatic rings. The maximum Gasteiger partial charge on any atom is 0.346 e. The largest absolute Gasteiger partial charge is 0.479 e. The molecule has 0 saturated carbocycles. The van der Waals surface area contributed by atoms with Gasteiger partial charge < -0.3 is 9.47 Å². The number of hydrogen-bond donors (Lipinski definition) is 0. The number of halogens is 1. The minimum absolute atomic E-state index is 0.377. The molecule has 0 bridgehead atoms. The summed E-state index contributed by atoms with van der Waals surface area (Å²) < 4.78 is 11.1. The Hall–Kier alpha value is -1.03. The van der Waals surface area contributed by atoms with Crippen molar-refractivity contribution in [3.8, 4) is 5.75 Å². The van der Waals surface area contributed by atoms with E-state index in [0.717, 1.165) is 15.6 Å². The lowest BCUT2D eigenvalue weighted by molar-refractivity contribution is -0.147. The highest BCUT2D eigenvalue weighted by Crippen LogP contribution is 2.26. The van der Waals surface area contributed by atoms with Crippen LogP contribution in [0.3, 0.4) is 0 Å². The molecule has 0 unspecified atom stereocenters. The number of methoxy groups -OCH3 is 1. The standard InChI is InChI=1S/C12H15BrO3/c1-7-5-10(6-8(2)11(7)13)16-9(3)12(14)15-4/h5-6,9H,1-4H3/t9-/m0/s1. The van der Waals surface area contributed by atoms with Crippen LogP contribution in [0.4, 0.5) is 0 Å². The maximum atomic E-state index is 11.2. The Morgan fingerprint density at radius 3 is 2.25 bits per heavy atom. The predicted octanol–water partition coefficient (Wildman–Crippen LogP) is 3.01. The molecule has 0 saturated heterocycles. The van der Waals surface area contributed by atoms with E-state index >= 15 is 0 Å². The van der Waals surface area contributed by atoms with Crippen molar-refractivity contribution >= 4 is 21.9 Å². The summed E-state index contributed by atoms with van der Waals surface area (Å²) in [5, 5.41) is 0. The summed E-state index contributed by atoms with van der Waals surface area (Å²) in [5.41, 5.74) is 2.15.